The van der Waals surface area contributed by atoms with Gasteiger partial charge in [-0.15, -0.1) is 0 Å². The molecule has 0 bridgehead atoms. The minimum absolute atomic E-state index is 0.177. The fourth-order valence-corrected chi connectivity index (χ4v) is 29.1. The molecule has 1 aliphatic carbocycles. The molecule has 1 aromatic carbocycles. The molecule has 0 saturated heterocycles. The van der Waals surface area contributed by atoms with E-state index in [1.165, 1.54) is 11.1 Å². The summed E-state index contributed by atoms with van der Waals surface area (Å²) in [5.74, 6) is 2.05. The Morgan fingerprint density at radius 3 is 1.85 bits per heavy atom. The average Bonchev–Trinajstić information content (AvgIpc) is 2.48. The monoisotopic (exact) mass is 466 g/mol. The van der Waals surface area contributed by atoms with Crippen molar-refractivity contribution in [3.63, 3.8) is 0 Å². The minimum atomic E-state index is -3.27. The van der Waals surface area contributed by atoms with E-state index in [2.05, 4.69) is 86.6 Å². The van der Waals surface area contributed by atoms with Gasteiger partial charge in [0.05, 0.1) is 0 Å². The molecule has 0 aromatic heterocycles. The SMILES string of the molecule is COc1ccc2c(c1)CCC=C2[O][Sn]([C](C)(C)C)([C](C)(C)C)[C](C)(C)C. The number of aryl methyl sites for hydroxylation is 1. The van der Waals surface area contributed by atoms with Crippen LogP contribution in [0.3, 0.4) is 0 Å². The number of benzene rings is 1. The molecule has 0 N–H and O–H groups in total. The van der Waals surface area contributed by atoms with Crippen LogP contribution >= 0.6 is 0 Å². The molecule has 0 unspecified atom stereocenters. The standard InChI is InChI=1S/C11H12O2.3C4H9.Sn/c1-13-9-5-6-10-8(7-9)3-2-4-11(10)12;3*1-4(2)3;/h4-7,12H,2-3H2,1H3;3*1-3H3;/q;;;;+1/p-1. The van der Waals surface area contributed by atoms with Crippen molar-refractivity contribution in [1.29, 1.82) is 0 Å². The zero-order valence-corrected chi connectivity index (χ0v) is 21.4. The number of rotatable bonds is 3. The van der Waals surface area contributed by atoms with Crippen LogP contribution in [0.2, 0.25) is 10.3 Å². The van der Waals surface area contributed by atoms with E-state index in [-0.39, 0.29) is 10.3 Å². The van der Waals surface area contributed by atoms with Gasteiger partial charge in [-0.3, -0.25) is 0 Å². The molecular weight excluding hydrogens is 427 g/mol. The molecule has 0 saturated carbocycles. The molecule has 0 fully saturated rings. The third-order valence-electron chi connectivity index (χ3n) is 5.75. The Morgan fingerprint density at radius 2 is 1.38 bits per heavy atom. The molecule has 0 aliphatic heterocycles. The van der Waals surface area contributed by atoms with Gasteiger partial charge in [0.1, 0.15) is 0 Å². The Balaban J connectivity index is 2.60. The third kappa shape index (κ3) is 3.68. The molecule has 0 atom stereocenters. The molecule has 1 aliphatic rings. The molecule has 0 amide bonds. The van der Waals surface area contributed by atoms with E-state index >= 15 is 0 Å². The molecule has 0 spiro atoms. The van der Waals surface area contributed by atoms with Crippen LogP contribution in [0.5, 0.6) is 5.75 Å². The molecule has 3 heteroatoms. The molecule has 0 radical (unpaired) electrons. The van der Waals surface area contributed by atoms with Gasteiger partial charge in [-0.05, 0) is 0 Å². The molecule has 2 nitrogen and oxygen atoms in total. The van der Waals surface area contributed by atoms with Crippen molar-refractivity contribution in [3.05, 3.63) is 35.4 Å². The van der Waals surface area contributed by atoms with Gasteiger partial charge < -0.3 is 0 Å². The first-order chi connectivity index (χ1) is 11.7. The van der Waals surface area contributed by atoms with E-state index < -0.39 is 18.8 Å². The molecule has 0 heterocycles. The Bertz CT molecular complexity index is 646. The van der Waals surface area contributed by atoms with E-state index in [0.29, 0.717) is 0 Å². The van der Waals surface area contributed by atoms with Crippen LogP contribution in [0.15, 0.2) is 24.3 Å². The number of hydrogen-bond donors (Lipinski definition) is 0. The first-order valence-electron chi connectivity index (χ1n) is 9.81. The summed E-state index contributed by atoms with van der Waals surface area (Å²) in [7, 11) is 1.73. The van der Waals surface area contributed by atoms with Crippen molar-refractivity contribution in [2.24, 2.45) is 0 Å². The van der Waals surface area contributed by atoms with Gasteiger partial charge in [0.25, 0.3) is 0 Å². The summed E-state index contributed by atoms with van der Waals surface area (Å²) < 4.78 is 13.3. The zero-order chi connectivity index (χ0) is 20.0. The Hall–Kier alpha value is -0.641. The van der Waals surface area contributed by atoms with Crippen molar-refractivity contribution in [3.8, 4) is 5.75 Å². The average molecular weight is 465 g/mol. The maximum absolute atomic E-state index is 7.30. The van der Waals surface area contributed by atoms with Crippen LogP contribution in [-0.4, -0.2) is 25.9 Å². The first kappa shape index (κ1) is 21.7. The maximum atomic E-state index is 7.30. The van der Waals surface area contributed by atoms with Crippen LogP contribution in [0, 0.1) is 0 Å². The topological polar surface area (TPSA) is 18.5 Å². The molecule has 2 rings (SSSR count). The normalized spacial score (nSPS) is 16.0. The second-order valence-corrected chi connectivity index (χ2v) is 28.0. The Kier molecular flexibility index (Phi) is 5.89. The summed E-state index contributed by atoms with van der Waals surface area (Å²) >= 11 is -3.27. The van der Waals surface area contributed by atoms with Crippen molar-refractivity contribution in [2.45, 2.75) is 85.4 Å². The van der Waals surface area contributed by atoms with Crippen LogP contribution in [0.25, 0.3) is 5.76 Å². The van der Waals surface area contributed by atoms with Gasteiger partial charge >= 0.3 is 166 Å². The molecule has 1 aromatic rings. The van der Waals surface area contributed by atoms with E-state index in [9.17, 15) is 0 Å². The summed E-state index contributed by atoms with van der Waals surface area (Å²) in [6, 6.07) is 6.42. The third-order valence-corrected chi connectivity index (χ3v) is 25.3. The van der Waals surface area contributed by atoms with Crippen molar-refractivity contribution >= 4 is 24.6 Å². The second-order valence-electron chi connectivity index (χ2n) is 10.7. The van der Waals surface area contributed by atoms with E-state index in [1.807, 2.05) is 0 Å². The van der Waals surface area contributed by atoms with E-state index in [0.717, 1.165) is 24.4 Å². The van der Waals surface area contributed by atoms with Gasteiger partial charge in [-0.2, -0.15) is 0 Å². The van der Waals surface area contributed by atoms with Crippen molar-refractivity contribution in [1.82, 2.24) is 0 Å². The van der Waals surface area contributed by atoms with E-state index in [4.69, 9.17) is 7.81 Å². The van der Waals surface area contributed by atoms with Gasteiger partial charge in [0, 0.05) is 0 Å². The van der Waals surface area contributed by atoms with Crippen LogP contribution < -0.4 is 4.74 Å². The second kappa shape index (κ2) is 7.07. The van der Waals surface area contributed by atoms with Crippen LogP contribution in [0.4, 0.5) is 0 Å². The summed E-state index contributed by atoms with van der Waals surface area (Å²) in [5, 5.41) is 0. The quantitative estimate of drug-likeness (QED) is 0.435. The van der Waals surface area contributed by atoms with Gasteiger partial charge in [-0.25, -0.2) is 0 Å². The number of methoxy groups -OCH3 is 1. The summed E-state index contributed by atoms with van der Waals surface area (Å²) in [6.45, 7) is 21.6. The fraction of sp³-hybridized carbons (Fsp3) is 0.652. The van der Waals surface area contributed by atoms with Gasteiger partial charge in [-0.1, -0.05) is 0 Å². The molecule has 26 heavy (non-hydrogen) atoms. The number of hydrogen-bond acceptors (Lipinski definition) is 2. The van der Waals surface area contributed by atoms with Crippen molar-refractivity contribution in [2.75, 3.05) is 7.11 Å². The number of allylic oxidation sites excluding steroid dienone is 1. The number of ether oxygens (including phenoxy) is 1. The molecule has 146 valence electrons. The van der Waals surface area contributed by atoms with E-state index in [1.54, 1.807) is 7.11 Å². The fourth-order valence-electron chi connectivity index (χ4n) is 5.71. The molecular formula is C23H38O2Sn. The van der Waals surface area contributed by atoms with Crippen LogP contribution in [0.1, 0.15) is 79.9 Å². The van der Waals surface area contributed by atoms with Gasteiger partial charge in [0.2, 0.25) is 0 Å². The first-order valence-corrected chi connectivity index (χ1v) is 15.3. The van der Waals surface area contributed by atoms with Crippen molar-refractivity contribution < 1.29 is 7.81 Å². The Labute approximate surface area is 165 Å². The predicted octanol–water partition coefficient (Wildman–Crippen LogP) is 7.34. The summed E-state index contributed by atoms with van der Waals surface area (Å²) in [5.41, 5.74) is 2.61. The Morgan fingerprint density at radius 1 is 0.846 bits per heavy atom. The summed E-state index contributed by atoms with van der Waals surface area (Å²) in [4.78, 5) is 0. The van der Waals surface area contributed by atoms with Gasteiger partial charge in [0.15, 0.2) is 0 Å². The predicted molar refractivity (Wildman–Crippen MR) is 115 cm³/mol. The zero-order valence-electron chi connectivity index (χ0n) is 18.5. The summed E-state index contributed by atoms with van der Waals surface area (Å²) in [6.07, 6.45) is 4.42. The van der Waals surface area contributed by atoms with Crippen LogP contribution in [-0.2, 0) is 9.49 Å². The number of fused-ring (bicyclic) bond motifs is 1.